The van der Waals surface area contributed by atoms with Crippen LogP contribution in [0.1, 0.15) is 37.7 Å². The summed E-state index contributed by atoms with van der Waals surface area (Å²) in [6.45, 7) is 2.69. The molecule has 1 aromatic rings. The van der Waals surface area contributed by atoms with E-state index < -0.39 is 0 Å². The van der Waals surface area contributed by atoms with Gasteiger partial charge in [-0.1, -0.05) is 30.5 Å². The number of nitrogens with one attached hydrogen (secondary N) is 1. The molecule has 0 aliphatic heterocycles. The van der Waals surface area contributed by atoms with Gasteiger partial charge in [0.15, 0.2) is 0 Å². The lowest BCUT2D eigenvalue weighted by Gasteiger charge is -2.07. The van der Waals surface area contributed by atoms with Crippen LogP contribution in [0.2, 0.25) is 5.02 Å². The van der Waals surface area contributed by atoms with Gasteiger partial charge in [-0.2, -0.15) is 0 Å². The molecule has 0 saturated carbocycles. The van der Waals surface area contributed by atoms with Crippen LogP contribution in [0.4, 0.5) is 5.69 Å². The third kappa shape index (κ3) is 7.41. The van der Waals surface area contributed by atoms with E-state index in [1.54, 1.807) is 0 Å². The van der Waals surface area contributed by atoms with E-state index in [1.165, 1.54) is 0 Å². The SMILES string of the molecule is Cc1ccc(NC(=O)CCCCCCN)c(Cl)c1.Cl. The van der Waals surface area contributed by atoms with Gasteiger partial charge in [0.1, 0.15) is 0 Å². The lowest BCUT2D eigenvalue weighted by atomic mass is 10.1. The maximum absolute atomic E-state index is 11.7. The number of rotatable bonds is 7. The number of aryl methyl sites for hydroxylation is 1. The van der Waals surface area contributed by atoms with Crippen LogP contribution < -0.4 is 11.1 Å². The summed E-state index contributed by atoms with van der Waals surface area (Å²) in [5.74, 6) is 0.0218. The summed E-state index contributed by atoms with van der Waals surface area (Å²) in [5.41, 5.74) is 7.18. The lowest BCUT2D eigenvalue weighted by molar-refractivity contribution is -0.116. The molecule has 0 saturated heterocycles. The highest BCUT2D eigenvalue weighted by Crippen LogP contribution is 2.22. The Labute approximate surface area is 126 Å². The van der Waals surface area contributed by atoms with Gasteiger partial charge in [0.25, 0.3) is 0 Å². The van der Waals surface area contributed by atoms with Crippen molar-refractivity contribution in [1.29, 1.82) is 0 Å². The van der Waals surface area contributed by atoms with E-state index in [9.17, 15) is 4.79 Å². The Balaban J connectivity index is 0.00000324. The predicted octanol–water partition coefficient (Wildman–Crippen LogP) is 3.92. The molecule has 3 N–H and O–H groups in total. The van der Waals surface area contributed by atoms with Gasteiger partial charge in [0.2, 0.25) is 5.91 Å². The number of anilines is 1. The second-order valence-electron chi connectivity index (χ2n) is 4.48. The van der Waals surface area contributed by atoms with Crippen LogP contribution in [0.3, 0.4) is 0 Å². The molecule has 0 atom stereocenters. The van der Waals surface area contributed by atoms with Crippen LogP contribution >= 0.6 is 24.0 Å². The maximum Gasteiger partial charge on any atom is 0.224 e. The van der Waals surface area contributed by atoms with Crippen molar-refractivity contribution >= 4 is 35.6 Å². The first-order valence-electron chi connectivity index (χ1n) is 6.39. The number of carbonyl (C=O) groups is 1. The summed E-state index contributed by atoms with van der Waals surface area (Å²) >= 11 is 6.05. The van der Waals surface area contributed by atoms with E-state index in [4.69, 9.17) is 17.3 Å². The molecular formula is C14H22Cl2N2O. The average molecular weight is 305 g/mol. The summed E-state index contributed by atoms with van der Waals surface area (Å²) < 4.78 is 0. The number of nitrogens with two attached hydrogens (primary N) is 1. The van der Waals surface area contributed by atoms with Crippen LogP contribution in [-0.2, 0) is 4.79 Å². The van der Waals surface area contributed by atoms with Gasteiger partial charge in [-0.15, -0.1) is 12.4 Å². The van der Waals surface area contributed by atoms with Crippen molar-refractivity contribution in [3.05, 3.63) is 28.8 Å². The monoisotopic (exact) mass is 304 g/mol. The maximum atomic E-state index is 11.7. The van der Waals surface area contributed by atoms with Crippen LogP contribution in [0.25, 0.3) is 0 Å². The van der Waals surface area contributed by atoms with E-state index in [1.807, 2.05) is 25.1 Å². The molecule has 0 aliphatic rings. The highest BCUT2D eigenvalue weighted by molar-refractivity contribution is 6.33. The molecular weight excluding hydrogens is 283 g/mol. The Kier molecular flexibility index (Phi) is 9.66. The fourth-order valence-corrected chi connectivity index (χ4v) is 2.00. The van der Waals surface area contributed by atoms with Gasteiger partial charge in [-0.3, -0.25) is 4.79 Å². The van der Waals surface area contributed by atoms with Gasteiger partial charge >= 0.3 is 0 Å². The van der Waals surface area contributed by atoms with Crippen LogP contribution in [-0.4, -0.2) is 12.5 Å². The molecule has 0 radical (unpaired) electrons. The molecule has 108 valence electrons. The quantitative estimate of drug-likeness (QED) is 0.750. The second kappa shape index (κ2) is 10.1. The largest absolute Gasteiger partial charge is 0.330 e. The molecule has 1 rings (SSSR count). The number of hydrogen-bond acceptors (Lipinski definition) is 2. The van der Waals surface area contributed by atoms with E-state index in [0.29, 0.717) is 17.1 Å². The normalized spacial score (nSPS) is 9.84. The molecule has 19 heavy (non-hydrogen) atoms. The van der Waals surface area contributed by atoms with Crippen molar-refractivity contribution in [3.63, 3.8) is 0 Å². The second-order valence-corrected chi connectivity index (χ2v) is 4.89. The third-order valence-corrected chi connectivity index (χ3v) is 3.07. The molecule has 3 nitrogen and oxygen atoms in total. The van der Waals surface area contributed by atoms with Crippen LogP contribution in [0, 0.1) is 6.92 Å². The lowest BCUT2D eigenvalue weighted by Crippen LogP contribution is -2.11. The highest BCUT2D eigenvalue weighted by Gasteiger charge is 2.05. The van der Waals surface area contributed by atoms with Gasteiger partial charge in [0.05, 0.1) is 10.7 Å². The van der Waals surface area contributed by atoms with Crippen molar-refractivity contribution in [2.75, 3.05) is 11.9 Å². The van der Waals surface area contributed by atoms with Gasteiger partial charge < -0.3 is 11.1 Å². The Morgan fingerprint density at radius 2 is 1.95 bits per heavy atom. The number of unbranched alkanes of at least 4 members (excludes halogenated alkanes) is 3. The Morgan fingerprint density at radius 1 is 1.26 bits per heavy atom. The molecule has 1 amide bonds. The Bertz CT molecular complexity index is 397. The first-order chi connectivity index (χ1) is 8.63. The smallest absolute Gasteiger partial charge is 0.224 e. The highest BCUT2D eigenvalue weighted by atomic mass is 35.5. The Morgan fingerprint density at radius 3 is 2.58 bits per heavy atom. The van der Waals surface area contributed by atoms with E-state index in [-0.39, 0.29) is 18.3 Å². The standard InChI is InChI=1S/C14H21ClN2O.ClH/c1-11-7-8-13(12(15)10-11)17-14(18)6-4-2-3-5-9-16;/h7-8,10H,2-6,9,16H2,1H3,(H,17,18);1H. The molecule has 5 heteroatoms. The fraction of sp³-hybridized carbons (Fsp3) is 0.500. The average Bonchev–Trinajstić information content (AvgIpc) is 2.32. The van der Waals surface area contributed by atoms with Gasteiger partial charge in [-0.25, -0.2) is 0 Å². The minimum atomic E-state index is 0. The van der Waals surface area contributed by atoms with Crippen molar-refractivity contribution in [3.8, 4) is 0 Å². The summed E-state index contributed by atoms with van der Waals surface area (Å²) in [5, 5.41) is 3.42. The zero-order valence-electron chi connectivity index (χ0n) is 11.2. The van der Waals surface area contributed by atoms with Gasteiger partial charge in [0, 0.05) is 6.42 Å². The number of benzene rings is 1. The van der Waals surface area contributed by atoms with Crippen molar-refractivity contribution < 1.29 is 4.79 Å². The van der Waals surface area contributed by atoms with Crippen molar-refractivity contribution in [1.82, 2.24) is 0 Å². The molecule has 0 heterocycles. The topological polar surface area (TPSA) is 55.1 Å². The first-order valence-corrected chi connectivity index (χ1v) is 6.77. The van der Waals surface area contributed by atoms with E-state index in [2.05, 4.69) is 5.32 Å². The van der Waals surface area contributed by atoms with Gasteiger partial charge in [-0.05, 0) is 44.0 Å². The summed E-state index contributed by atoms with van der Waals surface area (Å²) in [4.78, 5) is 11.7. The van der Waals surface area contributed by atoms with Crippen LogP contribution in [0.15, 0.2) is 18.2 Å². The van der Waals surface area contributed by atoms with Crippen molar-refractivity contribution in [2.24, 2.45) is 5.73 Å². The molecule has 0 aliphatic carbocycles. The fourth-order valence-electron chi connectivity index (χ4n) is 1.72. The van der Waals surface area contributed by atoms with Crippen LogP contribution in [0.5, 0.6) is 0 Å². The number of halogens is 2. The molecule has 0 unspecified atom stereocenters. The third-order valence-electron chi connectivity index (χ3n) is 2.76. The molecule has 0 spiro atoms. The summed E-state index contributed by atoms with van der Waals surface area (Å²) in [6, 6.07) is 5.62. The molecule has 0 fully saturated rings. The molecule has 0 aromatic heterocycles. The first kappa shape index (κ1) is 18.2. The van der Waals surface area contributed by atoms with Crippen molar-refractivity contribution in [2.45, 2.75) is 39.0 Å². The number of carbonyl (C=O) groups excluding carboxylic acids is 1. The minimum absolute atomic E-state index is 0. The number of hydrogen-bond donors (Lipinski definition) is 2. The summed E-state index contributed by atoms with van der Waals surface area (Å²) in [6.07, 6.45) is 4.61. The van der Waals surface area contributed by atoms with E-state index in [0.717, 1.165) is 37.8 Å². The Hall–Kier alpha value is -0.770. The predicted molar refractivity (Wildman–Crippen MR) is 84.2 cm³/mol. The minimum Gasteiger partial charge on any atom is -0.330 e. The molecule has 1 aromatic carbocycles. The van der Waals surface area contributed by atoms with E-state index >= 15 is 0 Å². The zero-order chi connectivity index (χ0) is 13.4. The number of amides is 1. The summed E-state index contributed by atoms with van der Waals surface area (Å²) in [7, 11) is 0. The zero-order valence-corrected chi connectivity index (χ0v) is 12.8. The molecule has 0 bridgehead atoms.